The molecule has 0 aromatic carbocycles. The van der Waals surface area contributed by atoms with Gasteiger partial charge in [-0.25, -0.2) is 4.79 Å². The maximum atomic E-state index is 12.0. The molecule has 0 aliphatic heterocycles. The topological polar surface area (TPSA) is 59.4 Å². The van der Waals surface area contributed by atoms with Gasteiger partial charge in [0.15, 0.2) is 0 Å². The molecule has 4 heteroatoms. The summed E-state index contributed by atoms with van der Waals surface area (Å²) in [5.74, 6) is 0.589. The van der Waals surface area contributed by atoms with E-state index in [4.69, 9.17) is 4.74 Å². The fourth-order valence-electron chi connectivity index (χ4n) is 3.32. The molecular weight excluding hydrogens is 266 g/mol. The molecule has 3 atom stereocenters. The highest BCUT2D eigenvalue weighted by Gasteiger charge is 2.42. The Morgan fingerprint density at radius 1 is 1.52 bits per heavy atom. The maximum absolute atomic E-state index is 12.0. The molecule has 1 aliphatic rings. The first kappa shape index (κ1) is 16.0. The number of pyridine rings is 1. The summed E-state index contributed by atoms with van der Waals surface area (Å²) in [6.07, 6.45) is 4.28. The predicted octanol–water partition coefficient (Wildman–Crippen LogP) is 3.16. The molecule has 0 saturated heterocycles. The van der Waals surface area contributed by atoms with Crippen molar-refractivity contribution < 1.29 is 14.6 Å². The highest BCUT2D eigenvalue weighted by atomic mass is 16.5. The monoisotopic (exact) mass is 291 g/mol. The zero-order valence-corrected chi connectivity index (χ0v) is 13.3. The van der Waals surface area contributed by atoms with Crippen LogP contribution in [0.5, 0.6) is 0 Å². The third-order valence-corrected chi connectivity index (χ3v) is 4.83. The maximum Gasteiger partial charge on any atom is 0.339 e. The fourth-order valence-corrected chi connectivity index (χ4v) is 3.32. The highest BCUT2D eigenvalue weighted by molar-refractivity contribution is 5.90. The standard InChI is InChI=1S/C17H25NO3/c1-11(2)12-7-8-17(3,20)14(10-12)15-13(16(19)21-4)6-5-9-18-15/h5-6,9,11-12,14,20H,7-8,10H2,1-4H3. The number of methoxy groups -OCH3 is 1. The van der Waals surface area contributed by atoms with Gasteiger partial charge < -0.3 is 9.84 Å². The number of hydrogen-bond acceptors (Lipinski definition) is 4. The van der Waals surface area contributed by atoms with E-state index in [1.807, 2.05) is 6.92 Å². The second kappa shape index (κ2) is 6.14. The van der Waals surface area contributed by atoms with Crippen LogP contribution in [0, 0.1) is 11.8 Å². The molecule has 1 aromatic heterocycles. The zero-order chi connectivity index (χ0) is 15.6. The summed E-state index contributed by atoms with van der Waals surface area (Å²) >= 11 is 0. The van der Waals surface area contributed by atoms with Gasteiger partial charge in [-0.05, 0) is 50.2 Å². The van der Waals surface area contributed by atoms with E-state index >= 15 is 0 Å². The molecule has 0 bridgehead atoms. The Balaban J connectivity index is 2.40. The molecule has 1 saturated carbocycles. The van der Waals surface area contributed by atoms with Gasteiger partial charge in [0.05, 0.1) is 24.0 Å². The molecule has 0 spiro atoms. The van der Waals surface area contributed by atoms with Crippen molar-refractivity contribution in [2.24, 2.45) is 11.8 Å². The van der Waals surface area contributed by atoms with Gasteiger partial charge in [-0.15, -0.1) is 0 Å². The number of carbonyl (C=O) groups is 1. The molecule has 1 aromatic rings. The SMILES string of the molecule is COC(=O)c1cccnc1C1CC(C(C)C)CCC1(C)O. The lowest BCUT2D eigenvalue weighted by Gasteiger charge is -2.42. The number of rotatable bonds is 3. The van der Waals surface area contributed by atoms with Crippen molar-refractivity contribution in [3.8, 4) is 0 Å². The average molecular weight is 291 g/mol. The first-order chi connectivity index (χ1) is 9.86. The van der Waals surface area contributed by atoms with Crippen molar-refractivity contribution >= 4 is 5.97 Å². The Bertz CT molecular complexity index is 511. The Hall–Kier alpha value is -1.42. The highest BCUT2D eigenvalue weighted by Crippen LogP contribution is 2.45. The minimum absolute atomic E-state index is 0.131. The molecule has 1 fully saturated rings. The van der Waals surface area contributed by atoms with E-state index in [-0.39, 0.29) is 11.9 Å². The van der Waals surface area contributed by atoms with Gasteiger partial charge in [-0.1, -0.05) is 13.8 Å². The molecular formula is C17H25NO3. The van der Waals surface area contributed by atoms with Gasteiger partial charge in [-0.3, -0.25) is 4.98 Å². The molecule has 2 rings (SSSR count). The third kappa shape index (κ3) is 3.26. The summed E-state index contributed by atoms with van der Waals surface area (Å²) in [5, 5.41) is 10.8. The Morgan fingerprint density at radius 2 is 2.24 bits per heavy atom. The van der Waals surface area contributed by atoms with E-state index in [2.05, 4.69) is 18.8 Å². The average Bonchev–Trinajstić information content (AvgIpc) is 2.46. The van der Waals surface area contributed by atoms with Gasteiger partial charge in [-0.2, -0.15) is 0 Å². The van der Waals surface area contributed by atoms with Crippen LogP contribution in [0.15, 0.2) is 18.3 Å². The first-order valence-electron chi connectivity index (χ1n) is 7.62. The van der Waals surface area contributed by atoms with E-state index < -0.39 is 5.60 Å². The van der Waals surface area contributed by atoms with Crippen LogP contribution >= 0.6 is 0 Å². The lowest BCUT2D eigenvalue weighted by Crippen LogP contribution is -2.40. The van der Waals surface area contributed by atoms with E-state index in [0.29, 0.717) is 23.1 Å². The normalized spacial score (nSPS) is 29.4. The number of nitrogens with zero attached hydrogens (tertiary/aromatic N) is 1. The van der Waals surface area contributed by atoms with Gasteiger partial charge in [0.2, 0.25) is 0 Å². The third-order valence-electron chi connectivity index (χ3n) is 4.83. The second-order valence-electron chi connectivity index (χ2n) is 6.62. The van der Waals surface area contributed by atoms with Crippen LogP contribution in [0.2, 0.25) is 0 Å². The van der Waals surface area contributed by atoms with E-state index in [9.17, 15) is 9.90 Å². The zero-order valence-electron chi connectivity index (χ0n) is 13.3. The summed E-state index contributed by atoms with van der Waals surface area (Å²) < 4.78 is 4.85. The minimum atomic E-state index is -0.831. The first-order valence-corrected chi connectivity index (χ1v) is 7.62. The fraction of sp³-hybridized carbons (Fsp3) is 0.647. The summed E-state index contributed by atoms with van der Waals surface area (Å²) in [5.41, 5.74) is 0.303. The van der Waals surface area contributed by atoms with Gasteiger partial charge in [0.25, 0.3) is 0 Å². The summed E-state index contributed by atoms with van der Waals surface area (Å²) in [6, 6.07) is 3.45. The van der Waals surface area contributed by atoms with Crippen molar-refractivity contribution in [1.82, 2.24) is 4.98 Å². The van der Waals surface area contributed by atoms with E-state index in [0.717, 1.165) is 19.3 Å². The van der Waals surface area contributed by atoms with Crippen molar-refractivity contribution in [3.05, 3.63) is 29.6 Å². The van der Waals surface area contributed by atoms with Crippen LogP contribution in [-0.4, -0.2) is 28.8 Å². The van der Waals surface area contributed by atoms with Crippen LogP contribution in [0.1, 0.15) is 62.0 Å². The van der Waals surface area contributed by atoms with Crippen LogP contribution in [-0.2, 0) is 4.74 Å². The number of esters is 1. The Morgan fingerprint density at radius 3 is 2.86 bits per heavy atom. The molecule has 21 heavy (non-hydrogen) atoms. The molecule has 0 radical (unpaired) electrons. The molecule has 0 amide bonds. The van der Waals surface area contributed by atoms with Crippen molar-refractivity contribution in [3.63, 3.8) is 0 Å². The smallest absolute Gasteiger partial charge is 0.339 e. The number of carbonyl (C=O) groups excluding carboxylic acids is 1. The summed E-state index contributed by atoms with van der Waals surface area (Å²) in [4.78, 5) is 16.4. The van der Waals surface area contributed by atoms with Gasteiger partial charge in [0.1, 0.15) is 0 Å². The summed E-state index contributed by atoms with van der Waals surface area (Å²) in [7, 11) is 1.37. The van der Waals surface area contributed by atoms with Crippen LogP contribution < -0.4 is 0 Å². The number of hydrogen-bond donors (Lipinski definition) is 1. The number of ether oxygens (including phenoxy) is 1. The minimum Gasteiger partial charge on any atom is -0.465 e. The number of aromatic nitrogens is 1. The quantitative estimate of drug-likeness (QED) is 0.869. The molecule has 1 aliphatic carbocycles. The van der Waals surface area contributed by atoms with E-state index in [1.165, 1.54) is 7.11 Å². The van der Waals surface area contributed by atoms with Gasteiger partial charge >= 0.3 is 5.97 Å². The van der Waals surface area contributed by atoms with Crippen LogP contribution in [0.25, 0.3) is 0 Å². The lowest BCUT2D eigenvalue weighted by atomic mass is 9.67. The molecule has 1 N–H and O–H groups in total. The summed E-state index contributed by atoms with van der Waals surface area (Å²) in [6.45, 7) is 6.27. The molecule has 116 valence electrons. The molecule has 3 unspecified atom stereocenters. The predicted molar refractivity (Wildman–Crippen MR) is 81.1 cm³/mol. The molecule has 4 nitrogen and oxygen atoms in total. The van der Waals surface area contributed by atoms with Crippen molar-refractivity contribution in [2.75, 3.05) is 7.11 Å². The van der Waals surface area contributed by atoms with Crippen LogP contribution in [0.3, 0.4) is 0 Å². The largest absolute Gasteiger partial charge is 0.465 e. The van der Waals surface area contributed by atoms with Crippen molar-refractivity contribution in [2.45, 2.75) is 51.6 Å². The van der Waals surface area contributed by atoms with E-state index in [1.54, 1.807) is 18.3 Å². The van der Waals surface area contributed by atoms with Crippen molar-refractivity contribution in [1.29, 1.82) is 0 Å². The molecule has 1 heterocycles. The second-order valence-corrected chi connectivity index (χ2v) is 6.62. The lowest BCUT2D eigenvalue weighted by molar-refractivity contribution is -0.0219. The van der Waals surface area contributed by atoms with Crippen LogP contribution in [0.4, 0.5) is 0 Å². The Labute approximate surface area is 126 Å². The number of aliphatic hydroxyl groups is 1. The van der Waals surface area contributed by atoms with Gasteiger partial charge in [0, 0.05) is 12.1 Å². The Kier molecular flexibility index (Phi) is 4.67.